The standard InChI is InChI=1S/C14H18BrN3O/c1-10(2)14(3,9-16)18-13(19)8-17-12-7-5-4-6-11(12)15/h4-7,10,17H,8H2,1-3H3,(H,18,19). The number of anilines is 1. The van der Waals surface area contributed by atoms with Crippen molar-refractivity contribution in [2.24, 2.45) is 5.92 Å². The first kappa shape index (κ1) is 15.5. The van der Waals surface area contributed by atoms with Gasteiger partial charge in [-0.25, -0.2) is 0 Å². The molecule has 1 aromatic rings. The zero-order chi connectivity index (χ0) is 14.5. The van der Waals surface area contributed by atoms with E-state index in [4.69, 9.17) is 5.26 Å². The lowest BCUT2D eigenvalue weighted by Crippen LogP contribution is -2.50. The first-order valence-corrected chi connectivity index (χ1v) is 6.89. The lowest BCUT2D eigenvalue weighted by molar-refractivity contribution is -0.121. The Labute approximate surface area is 122 Å². The van der Waals surface area contributed by atoms with Crippen LogP contribution in [0.3, 0.4) is 0 Å². The van der Waals surface area contributed by atoms with Gasteiger partial charge in [-0.15, -0.1) is 0 Å². The molecule has 4 nitrogen and oxygen atoms in total. The van der Waals surface area contributed by atoms with Gasteiger partial charge in [-0.3, -0.25) is 4.79 Å². The van der Waals surface area contributed by atoms with E-state index < -0.39 is 5.54 Å². The maximum absolute atomic E-state index is 11.9. The number of benzene rings is 1. The normalized spacial score (nSPS) is 13.5. The van der Waals surface area contributed by atoms with Crippen molar-refractivity contribution in [3.8, 4) is 6.07 Å². The molecule has 5 heteroatoms. The summed E-state index contributed by atoms with van der Waals surface area (Å²) in [5.41, 5.74) is 0.00742. The molecule has 0 heterocycles. The Balaban J connectivity index is 2.58. The van der Waals surface area contributed by atoms with Crippen LogP contribution in [0.2, 0.25) is 0 Å². The average Bonchev–Trinajstić information content (AvgIpc) is 2.37. The van der Waals surface area contributed by atoms with Crippen LogP contribution in [-0.2, 0) is 4.79 Å². The highest BCUT2D eigenvalue weighted by molar-refractivity contribution is 9.10. The highest BCUT2D eigenvalue weighted by Crippen LogP contribution is 2.21. The number of carbonyl (C=O) groups is 1. The summed E-state index contributed by atoms with van der Waals surface area (Å²) in [5, 5.41) is 14.9. The van der Waals surface area contributed by atoms with Gasteiger partial charge >= 0.3 is 0 Å². The average molecular weight is 324 g/mol. The van der Waals surface area contributed by atoms with Crippen LogP contribution in [0.1, 0.15) is 20.8 Å². The summed E-state index contributed by atoms with van der Waals surface area (Å²) in [6, 6.07) is 9.72. The Bertz CT molecular complexity index is 496. The second-order valence-corrected chi connectivity index (χ2v) is 5.70. The van der Waals surface area contributed by atoms with Gasteiger partial charge in [-0.1, -0.05) is 26.0 Å². The molecule has 0 saturated heterocycles. The number of nitrogens with zero attached hydrogens (tertiary/aromatic N) is 1. The summed E-state index contributed by atoms with van der Waals surface area (Å²) in [6.07, 6.45) is 0. The quantitative estimate of drug-likeness (QED) is 0.875. The van der Waals surface area contributed by atoms with Crippen molar-refractivity contribution in [2.75, 3.05) is 11.9 Å². The molecule has 0 spiro atoms. The Hall–Kier alpha value is -1.54. The molecule has 0 saturated carbocycles. The van der Waals surface area contributed by atoms with Gasteiger partial charge in [0.1, 0.15) is 5.54 Å². The van der Waals surface area contributed by atoms with E-state index in [1.165, 1.54) is 0 Å². The highest BCUT2D eigenvalue weighted by Gasteiger charge is 2.29. The third kappa shape index (κ3) is 4.25. The fourth-order valence-electron chi connectivity index (χ4n) is 1.42. The summed E-state index contributed by atoms with van der Waals surface area (Å²) in [5.74, 6) is -0.154. The van der Waals surface area contributed by atoms with Crippen LogP contribution in [0.15, 0.2) is 28.7 Å². The van der Waals surface area contributed by atoms with Gasteiger partial charge in [-0.2, -0.15) is 5.26 Å². The van der Waals surface area contributed by atoms with Crippen LogP contribution in [0, 0.1) is 17.2 Å². The van der Waals surface area contributed by atoms with Crippen LogP contribution in [-0.4, -0.2) is 18.0 Å². The number of nitrogens with one attached hydrogen (secondary N) is 2. The second kappa shape index (κ2) is 6.58. The van der Waals surface area contributed by atoms with Crippen LogP contribution in [0.25, 0.3) is 0 Å². The van der Waals surface area contributed by atoms with E-state index in [-0.39, 0.29) is 18.4 Å². The zero-order valence-electron chi connectivity index (χ0n) is 11.3. The van der Waals surface area contributed by atoms with Crippen molar-refractivity contribution in [1.29, 1.82) is 5.26 Å². The Morgan fingerprint density at radius 1 is 1.47 bits per heavy atom. The van der Waals surface area contributed by atoms with Crippen molar-refractivity contribution in [2.45, 2.75) is 26.3 Å². The molecule has 0 aliphatic carbocycles. The molecule has 1 amide bonds. The lowest BCUT2D eigenvalue weighted by Gasteiger charge is -2.27. The van der Waals surface area contributed by atoms with Gasteiger partial charge < -0.3 is 10.6 Å². The first-order valence-electron chi connectivity index (χ1n) is 6.09. The monoisotopic (exact) mass is 323 g/mol. The van der Waals surface area contributed by atoms with Crippen LogP contribution < -0.4 is 10.6 Å². The molecule has 0 radical (unpaired) electrons. The summed E-state index contributed by atoms with van der Waals surface area (Å²) in [6.45, 7) is 5.68. The molecule has 0 aliphatic rings. The fraction of sp³-hybridized carbons (Fsp3) is 0.429. The molecule has 102 valence electrons. The summed E-state index contributed by atoms with van der Waals surface area (Å²) in [7, 11) is 0. The minimum Gasteiger partial charge on any atom is -0.375 e. The third-order valence-electron chi connectivity index (χ3n) is 3.10. The molecule has 0 aromatic heterocycles. The molecule has 0 fully saturated rings. The molecule has 1 atom stereocenters. The molecule has 1 aromatic carbocycles. The number of nitriles is 1. The molecule has 2 N–H and O–H groups in total. The number of hydrogen-bond acceptors (Lipinski definition) is 3. The van der Waals surface area contributed by atoms with Crippen LogP contribution in [0.5, 0.6) is 0 Å². The zero-order valence-corrected chi connectivity index (χ0v) is 12.9. The predicted octanol–water partition coefficient (Wildman–Crippen LogP) is 2.92. The summed E-state index contributed by atoms with van der Waals surface area (Å²) in [4.78, 5) is 11.9. The van der Waals surface area contributed by atoms with Crippen molar-refractivity contribution in [3.05, 3.63) is 28.7 Å². The highest BCUT2D eigenvalue weighted by atomic mass is 79.9. The van der Waals surface area contributed by atoms with Gasteiger partial charge in [0.15, 0.2) is 0 Å². The minimum absolute atomic E-state index is 0.0462. The third-order valence-corrected chi connectivity index (χ3v) is 3.79. The van der Waals surface area contributed by atoms with E-state index in [9.17, 15) is 4.79 Å². The van der Waals surface area contributed by atoms with E-state index in [1.54, 1.807) is 6.92 Å². The number of para-hydroxylation sites is 1. The van der Waals surface area contributed by atoms with E-state index >= 15 is 0 Å². The number of carbonyl (C=O) groups excluding carboxylic acids is 1. The topological polar surface area (TPSA) is 64.9 Å². The smallest absolute Gasteiger partial charge is 0.240 e. The maximum Gasteiger partial charge on any atom is 0.240 e. The number of rotatable bonds is 5. The first-order chi connectivity index (χ1) is 8.89. The largest absolute Gasteiger partial charge is 0.375 e. The van der Waals surface area contributed by atoms with E-state index in [2.05, 4.69) is 32.6 Å². The van der Waals surface area contributed by atoms with Gasteiger partial charge in [0.25, 0.3) is 0 Å². The number of amides is 1. The Morgan fingerprint density at radius 3 is 2.63 bits per heavy atom. The van der Waals surface area contributed by atoms with Crippen molar-refractivity contribution in [3.63, 3.8) is 0 Å². The van der Waals surface area contributed by atoms with Crippen LogP contribution in [0.4, 0.5) is 5.69 Å². The van der Waals surface area contributed by atoms with Gasteiger partial charge in [0.2, 0.25) is 5.91 Å². The second-order valence-electron chi connectivity index (χ2n) is 4.85. The molecular formula is C14H18BrN3O. The molecule has 1 unspecified atom stereocenters. The van der Waals surface area contributed by atoms with Crippen molar-refractivity contribution in [1.82, 2.24) is 5.32 Å². The van der Waals surface area contributed by atoms with Gasteiger partial charge in [0, 0.05) is 10.2 Å². The molecular weight excluding hydrogens is 306 g/mol. The Kier molecular flexibility index (Phi) is 5.37. The van der Waals surface area contributed by atoms with Gasteiger partial charge in [-0.05, 0) is 40.9 Å². The van der Waals surface area contributed by atoms with E-state index in [0.717, 1.165) is 10.2 Å². The molecule has 0 bridgehead atoms. The number of halogens is 1. The van der Waals surface area contributed by atoms with E-state index in [1.807, 2.05) is 38.1 Å². The maximum atomic E-state index is 11.9. The molecule has 19 heavy (non-hydrogen) atoms. The SMILES string of the molecule is CC(C)C(C)(C#N)NC(=O)CNc1ccccc1Br. The Morgan fingerprint density at radius 2 is 2.11 bits per heavy atom. The van der Waals surface area contributed by atoms with Crippen molar-refractivity contribution < 1.29 is 4.79 Å². The van der Waals surface area contributed by atoms with Gasteiger partial charge in [0.05, 0.1) is 12.6 Å². The predicted molar refractivity (Wildman–Crippen MR) is 79.6 cm³/mol. The number of hydrogen-bond donors (Lipinski definition) is 2. The molecule has 0 aliphatic heterocycles. The fourth-order valence-corrected chi connectivity index (χ4v) is 1.84. The lowest BCUT2D eigenvalue weighted by atomic mass is 9.90. The summed E-state index contributed by atoms with van der Waals surface area (Å²) >= 11 is 3.40. The van der Waals surface area contributed by atoms with E-state index in [0.29, 0.717) is 0 Å². The molecule has 1 rings (SSSR count). The minimum atomic E-state index is -0.841. The van der Waals surface area contributed by atoms with Crippen LogP contribution >= 0.6 is 15.9 Å². The van der Waals surface area contributed by atoms with Crippen molar-refractivity contribution >= 4 is 27.5 Å². The summed E-state index contributed by atoms with van der Waals surface area (Å²) < 4.78 is 0.898.